The van der Waals surface area contributed by atoms with Gasteiger partial charge in [-0.15, -0.1) is 0 Å². The molecule has 2 aliphatic heterocycles. The molecule has 0 radical (unpaired) electrons. The fourth-order valence-corrected chi connectivity index (χ4v) is 1.78. The number of aliphatic carboxylic acids is 1. The molecular formula is C13H14N2O2. The number of hydrogen-bond acceptors (Lipinski definition) is 3. The van der Waals surface area contributed by atoms with Crippen molar-refractivity contribution >= 4 is 11.8 Å². The molecule has 0 saturated heterocycles. The average Bonchev–Trinajstić information content (AvgIpc) is 2.26. The summed E-state index contributed by atoms with van der Waals surface area (Å²) >= 11 is 0. The average molecular weight is 230 g/mol. The number of carboxylic acids is 1. The lowest BCUT2D eigenvalue weighted by molar-refractivity contribution is -0.132. The van der Waals surface area contributed by atoms with E-state index >= 15 is 0 Å². The Morgan fingerprint density at radius 2 is 2.18 bits per heavy atom. The highest BCUT2D eigenvalue weighted by atomic mass is 16.4. The summed E-state index contributed by atoms with van der Waals surface area (Å²) < 4.78 is 0. The summed E-state index contributed by atoms with van der Waals surface area (Å²) in [7, 11) is 0. The van der Waals surface area contributed by atoms with Gasteiger partial charge in [-0.3, -0.25) is 0 Å². The molecule has 17 heavy (non-hydrogen) atoms. The van der Waals surface area contributed by atoms with E-state index in [4.69, 9.17) is 5.11 Å². The van der Waals surface area contributed by atoms with Gasteiger partial charge in [-0.05, 0) is 18.2 Å². The second-order valence-electron chi connectivity index (χ2n) is 4.28. The lowest BCUT2D eigenvalue weighted by atomic mass is 10.1. The fraction of sp³-hybridized carbons (Fsp3) is 0.231. The minimum atomic E-state index is -0.930. The van der Waals surface area contributed by atoms with E-state index in [1.807, 2.05) is 18.7 Å². The summed E-state index contributed by atoms with van der Waals surface area (Å²) in [6.45, 7) is 7.90. The molecule has 88 valence electrons. The topological polar surface area (TPSA) is 52.9 Å². The molecule has 0 unspecified atom stereocenters. The Kier molecular flexibility index (Phi) is 2.71. The summed E-state index contributed by atoms with van der Waals surface area (Å²) in [5, 5.41) is 8.95. The zero-order chi connectivity index (χ0) is 12.6. The highest BCUT2D eigenvalue weighted by Crippen LogP contribution is 2.26. The molecule has 2 rings (SSSR count). The third-order valence-corrected chi connectivity index (χ3v) is 2.57. The first-order valence-corrected chi connectivity index (χ1v) is 5.40. The Bertz CT molecular complexity index is 508. The molecule has 4 heteroatoms. The number of carboxylic acid groups (broad SMARTS) is 1. The van der Waals surface area contributed by atoms with E-state index in [0.29, 0.717) is 5.70 Å². The number of allylic oxidation sites excluding steroid dienone is 2. The predicted molar refractivity (Wildman–Crippen MR) is 66.2 cm³/mol. The third-order valence-electron chi connectivity index (χ3n) is 2.57. The maximum atomic E-state index is 10.9. The van der Waals surface area contributed by atoms with Gasteiger partial charge in [0, 0.05) is 17.8 Å². The molecule has 0 saturated carbocycles. The highest BCUT2D eigenvalue weighted by Gasteiger charge is 2.23. The summed E-state index contributed by atoms with van der Waals surface area (Å²) in [6.07, 6.45) is 6.72. The summed E-state index contributed by atoms with van der Waals surface area (Å²) in [4.78, 5) is 17.2. The quantitative estimate of drug-likeness (QED) is 0.791. The normalized spacial score (nSPS) is 18.6. The fourth-order valence-electron chi connectivity index (χ4n) is 1.78. The number of carbonyl (C=O) groups is 1. The van der Waals surface area contributed by atoms with Crippen molar-refractivity contribution in [1.29, 1.82) is 0 Å². The number of aliphatic imine (C=N–C) groups is 1. The van der Waals surface area contributed by atoms with E-state index in [2.05, 4.69) is 11.6 Å². The Labute approximate surface area is 100.0 Å². The first kappa shape index (κ1) is 11.4. The van der Waals surface area contributed by atoms with Gasteiger partial charge in [0.15, 0.2) is 0 Å². The Hall–Kier alpha value is -2.10. The van der Waals surface area contributed by atoms with Gasteiger partial charge in [0.2, 0.25) is 0 Å². The van der Waals surface area contributed by atoms with E-state index < -0.39 is 5.97 Å². The molecule has 2 aliphatic rings. The molecule has 0 aromatic rings. The number of fused-ring (bicyclic) bond motifs is 1. The van der Waals surface area contributed by atoms with Crippen LogP contribution in [0.5, 0.6) is 0 Å². The van der Waals surface area contributed by atoms with E-state index in [1.54, 1.807) is 24.4 Å². The van der Waals surface area contributed by atoms with Crippen LogP contribution >= 0.6 is 0 Å². The van der Waals surface area contributed by atoms with Crippen molar-refractivity contribution in [3.05, 3.63) is 48.0 Å². The van der Waals surface area contributed by atoms with E-state index in [9.17, 15) is 4.79 Å². The van der Waals surface area contributed by atoms with E-state index in [-0.39, 0.29) is 11.5 Å². The first-order chi connectivity index (χ1) is 7.99. The molecular weight excluding hydrogens is 216 g/mol. The summed E-state index contributed by atoms with van der Waals surface area (Å²) in [5.41, 5.74) is 1.72. The molecule has 0 aromatic heterocycles. The van der Waals surface area contributed by atoms with Crippen LogP contribution in [0, 0.1) is 5.92 Å². The molecule has 1 N–H and O–H groups in total. The molecule has 0 bridgehead atoms. The van der Waals surface area contributed by atoms with Gasteiger partial charge in [0.05, 0.1) is 11.3 Å². The van der Waals surface area contributed by atoms with Crippen molar-refractivity contribution in [3.63, 3.8) is 0 Å². The van der Waals surface area contributed by atoms with Gasteiger partial charge in [-0.1, -0.05) is 20.4 Å². The molecule has 0 amide bonds. The van der Waals surface area contributed by atoms with Crippen LogP contribution < -0.4 is 0 Å². The zero-order valence-corrected chi connectivity index (χ0v) is 9.84. The van der Waals surface area contributed by atoms with Crippen molar-refractivity contribution in [2.75, 3.05) is 0 Å². The van der Waals surface area contributed by atoms with Crippen molar-refractivity contribution < 1.29 is 9.90 Å². The van der Waals surface area contributed by atoms with Crippen LogP contribution in [0.15, 0.2) is 53.0 Å². The maximum absolute atomic E-state index is 10.9. The van der Waals surface area contributed by atoms with Crippen LogP contribution in [-0.2, 0) is 4.79 Å². The molecule has 2 heterocycles. The van der Waals surface area contributed by atoms with Crippen molar-refractivity contribution in [2.45, 2.75) is 13.8 Å². The Morgan fingerprint density at radius 3 is 2.76 bits per heavy atom. The Balaban J connectivity index is 2.41. The summed E-state index contributed by atoms with van der Waals surface area (Å²) in [6, 6.07) is 0. The number of amidine groups is 1. The molecule has 0 spiro atoms. The number of hydrogen-bond donors (Lipinski definition) is 1. The van der Waals surface area contributed by atoms with Crippen LogP contribution in [0.25, 0.3) is 0 Å². The first-order valence-electron chi connectivity index (χ1n) is 5.40. The molecule has 0 aromatic carbocycles. The molecule has 0 fully saturated rings. The van der Waals surface area contributed by atoms with Gasteiger partial charge < -0.3 is 10.0 Å². The molecule has 0 aliphatic carbocycles. The Morgan fingerprint density at radius 1 is 1.47 bits per heavy atom. The van der Waals surface area contributed by atoms with Gasteiger partial charge >= 0.3 is 5.97 Å². The van der Waals surface area contributed by atoms with Crippen LogP contribution in [0.3, 0.4) is 0 Å². The number of nitrogens with zero attached hydrogens (tertiary/aromatic N) is 2. The van der Waals surface area contributed by atoms with E-state index in [1.165, 1.54) is 0 Å². The smallest absolute Gasteiger partial charge is 0.335 e. The van der Waals surface area contributed by atoms with E-state index in [0.717, 1.165) is 11.5 Å². The van der Waals surface area contributed by atoms with Crippen LogP contribution in [0.4, 0.5) is 0 Å². The lowest BCUT2D eigenvalue weighted by Gasteiger charge is -2.31. The summed E-state index contributed by atoms with van der Waals surface area (Å²) in [5.74, 6) is 0.199. The highest BCUT2D eigenvalue weighted by molar-refractivity contribution is 5.94. The second kappa shape index (κ2) is 4.05. The van der Waals surface area contributed by atoms with Gasteiger partial charge in [-0.2, -0.15) is 0 Å². The monoisotopic (exact) mass is 230 g/mol. The maximum Gasteiger partial charge on any atom is 0.335 e. The zero-order valence-electron chi connectivity index (χ0n) is 9.84. The van der Waals surface area contributed by atoms with Crippen molar-refractivity contribution in [2.24, 2.45) is 10.9 Å². The number of rotatable bonds is 2. The van der Waals surface area contributed by atoms with Gasteiger partial charge in [-0.25, -0.2) is 9.79 Å². The molecule has 0 atom stereocenters. The second-order valence-corrected chi connectivity index (χ2v) is 4.28. The minimum Gasteiger partial charge on any atom is -0.478 e. The molecule has 4 nitrogen and oxygen atoms in total. The standard InChI is InChI=1S/C13H14N2O2/c1-8(2)12-14-9(3)6-11-7-10(13(16)17)4-5-15(11)12/h4-8H,3H2,1-2H3,(H,16,17). The van der Waals surface area contributed by atoms with Crippen molar-refractivity contribution in [1.82, 2.24) is 4.90 Å². The third kappa shape index (κ3) is 2.06. The van der Waals surface area contributed by atoms with Crippen LogP contribution in [0.2, 0.25) is 0 Å². The predicted octanol–water partition coefficient (Wildman–Crippen LogP) is 2.29. The largest absolute Gasteiger partial charge is 0.478 e. The minimum absolute atomic E-state index is 0.250. The SMILES string of the molecule is C=C1C=C2C=C(C(=O)O)C=CN2C(C(C)C)=N1. The van der Waals surface area contributed by atoms with Gasteiger partial charge in [0.25, 0.3) is 0 Å². The van der Waals surface area contributed by atoms with Crippen LogP contribution in [-0.4, -0.2) is 21.8 Å². The van der Waals surface area contributed by atoms with Crippen LogP contribution in [0.1, 0.15) is 13.8 Å². The van der Waals surface area contributed by atoms with Crippen molar-refractivity contribution in [3.8, 4) is 0 Å². The lowest BCUT2D eigenvalue weighted by Crippen LogP contribution is -2.32. The van der Waals surface area contributed by atoms with Gasteiger partial charge in [0.1, 0.15) is 5.84 Å².